The van der Waals surface area contributed by atoms with E-state index in [-0.39, 0.29) is 29.1 Å². The minimum absolute atomic E-state index is 0.00991. The maximum Gasteiger partial charge on any atom is 0.244 e. The van der Waals surface area contributed by atoms with Crippen LogP contribution in [-0.4, -0.2) is 41.1 Å². The molecule has 0 aliphatic carbocycles. The molecule has 118 valence electrons. The lowest BCUT2D eigenvalue weighted by Gasteiger charge is -2.15. The van der Waals surface area contributed by atoms with Gasteiger partial charge >= 0.3 is 0 Å². The second-order valence-corrected chi connectivity index (χ2v) is 6.32. The lowest BCUT2D eigenvalue weighted by molar-refractivity contribution is -0.114. The molecule has 0 aromatic heterocycles. The Morgan fingerprint density at radius 1 is 1.38 bits per heavy atom. The highest BCUT2D eigenvalue weighted by Gasteiger charge is 2.20. The molecule has 1 atom stereocenters. The van der Waals surface area contributed by atoms with Gasteiger partial charge in [-0.25, -0.2) is 13.1 Å². The number of sulfonamides is 1. The van der Waals surface area contributed by atoms with E-state index in [9.17, 15) is 13.2 Å². The van der Waals surface area contributed by atoms with E-state index in [1.165, 1.54) is 26.2 Å². The summed E-state index contributed by atoms with van der Waals surface area (Å²) in [4.78, 5) is 11.1. The lowest BCUT2D eigenvalue weighted by Crippen LogP contribution is -2.37. The maximum atomic E-state index is 12.3. The summed E-state index contributed by atoms with van der Waals surface area (Å²) in [6.45, 7) is 3.45. The second kappa shape index (κ2) is 7.39. The predicted octanol–water partition coefficient (Wildman–Crippen LogP) is 0.540. The van der Waals surface area contributed by atoms with Crippen molar-refractivity contribution in [3.8, 4) is 5.75 Å². The maximum absolute atomic E-state index is 12.3. The molecule has 1 aromatic rings. The largest absolute Gasteiger partial charge is 0.495 e. The molecule has 8 heteroatoms. The molecule has 1 unspecified atom stereocenters. The molecule has 3 N–H and O–H groups in total. The van der Waals surface area contributed by atoms with Crippen LogP contribution >= 0.6 is 0 Å². The van der Waals surface area contributed by atoms with Gasteiger partial charge in [0, 0.05) is 25.2 Å². The number of carbonyl (C=O) groups excluding carboxylic acids is 1. The van der Waals surface area contributed by atoms with Crippen LogP contribution in [0.4, 0.5) is 5.69 Å². The Bertz CT molecular complexity index is 601. The van der Waals surface area contributed by atoms with Gasteiger partial charge in [0.2, 0.25) is 15.9 Å². The molecule has 0 radical (unpaired) electrons. The van der Waals surface area contributed by atoms with Gasteiger partial charge in [0.15, 0.2) is 0 Å². The Morgan fingerprint density at radius 3 is 2.57 bits per heavy atom. The summed E-state index contributed by atoms with van der Waals surface area (Å²) in [5.41, 5.74) is 0.394. The number of anilines is 1. The van der Waals surface area contributed by atoms with E-state index in [2.05, 4.69) is 15.4 Å². The zero-order valence-corrected chi connectivity index (χ0v) is 13.4. The smallest absolute Gasteiger partial charge is 0.244 e. The normalized spacial score (nSPS) is 12.8. The molecule has 0 aliphatic rings. The highest BCUT2D eigenvalue weighted by Crippen LogP contribution is 2.27. The zero-order valence-electron chi connectivity index (χ0n) is 12.6. The number of amides is 1. The molecule has 0 saturated carbocycles. The van der Waals surface area contributed by atoms with E-state index in [0.717, 1.165) is 0 Å². The molecule has 1 rings (SSSR count). The quantitative estimate of drug-likeness (QED) is 0.682. The minimum atomic E-state index is -3.73. The van der Waals surface area contributed by atoms with Crippen molar-refractivity contribution in [1.29, 1.82) is 0 Å². The van der Waals surface area contributed by atoms with Gasteiger partial charge in [-0.15, -0.1) is 0 Å². The first kappa shape index (κ1) is 17.4. The number of methoxy groups -OCH3 is 1. The van der Waals surface area contributed by atoms with Gasteiger partial charge in [0.05, 0.1) is 7.11 Å². The van der Waals surface area contributed by atoms with Crippen molar-refractivity contribution in [2.75, 3.05) is 26.0 Å². The zero-order chi connectivity index (χ0) is 16.0. The number of carbonyl (C=O) groups is 1. The second-order valence-electron chi connectivity index (χ2n) is 4.59. The highest BCUT2D eigenvalue weighted by molar-refractivity contribution is 7.89. The van der Waals surface area contributed by atoms with Crippen LogP contribution in [0.2, 0.25) is 0 Å². The molecule has 0 spiro atoms. The van der Waals surface area contributed by atoms with Crippen LogP contribution in [0.25, 0.3) is 0 Å². The Labute approximate surface area is 125 Å². The standard InChI is InChI=1S/C13H21N3O4S/c1-9(14-3)8-15-21(18,19)13-7-11(16-10(2)17)5-6-12(13)20-4/h5-7,9,14-15H,8H2,1-4H3,(H,16,17). The topological polar surface area (TPSA) is 96.5 Å². The van der Waals surface area contributed by atoms with Crippen LogP contribution in [0.5, 0.6) is 5.75 Å². The summed E-state index contributed by atoms with van der Waals surface area (Å²) in [6.07, 6.45) is 0. The van der Waals surface area contributed by atoms with Crippen LogP contribution in [0.1, 0.15) is 13.8 Å². The molecular weight excluding hydrogens is 294 g/mol. The third kappa shape index (κ3) is 5.00. The Hall–Kier alpha value is -1.64. The number of rotatable bonds is 7. The van der Waals surface area contributed by atoms with Crippen molar-refractivity contribution in [2.24, 2.45) is 0 Å². The third-order valence-corrected chi connectivity index (χ3v) is 4.29. The molecular formula is C13H21N3O4S. The fraction of sp³-hybridized carbons (Fsp3) is 0.462. The van der Waals surface area contributed by atoms with Crippen molar-refractivity contribution in [3.63, 3.8) is 0 Å². The molecule has 0 heterocycles. The van der Waals surface area contributed by atoms with Crippen molar-refractivity contribution in [2.45, 2.75) is 24.8 Å². The first-order chi connectivity index (χ1) is 9.80. The van der Waals surface area contributed by atoms with E-state index in [4.69, 9.17) is 4.74 Å². The molecule has 1 aromatic carbocycles. The van der Waals surface area contributed by atoms with Gasteiger partial charge in [-0.05, 0) is 32.2 Å². The Balaban J connectivity index is 3.10. The fourth-order valence-corrected chi connectivity index (χ4v) is 2.91. The SMILES string of the molecule is CNC(C)CNS(=O)(=O)c1cc(NC(C)=O)ccc1OC. The van der Waals surface area contributed by atoms with Gasteiger partial charge < -0.3 is 15.4 Å². The average Bonchev–Trinajstić information content (AvgIpc) is 2.44. The Kier molecular flexibility index (Phi) is 6.13. The first-order valence-electron chi connectivity index (χ1n) is 6.42. The number of benzene rings is 1. The first-order valence-corrected chi connectivity index (χ1v) is 7.91. The summed E-state index contributed by atoms with van der Waals surface area (Å²) in [5.74, 6) is -0.0611. The predicted molar refractivity (Wildman–Crippen MR) is 81.0 cm³/mol. The van der Waals surface area contributed by atoms with Gasteiger partial charge in [-0.2, -0.15) is 0 Å². The number of nitrogens with one attached hydrogen (secondary N) is 3. The summed E-state index contributed by atoms with van der Waals surface area (Å²) in [6, 6.07) is 4.44. The number of likely N-dealkylation sites (N-methyl/N-ethyl adjacent to an activating group) is 1. The minimum Gasteiger partial charge on any atom is -0.495 e. The van der Waals surface area contributed by atoms with Gasteiger partial charge in [-0.1, -0.05) is 0 Å². The number of hydrogen-bond donors (Lipinski definition) is 3. The van der Waals surface area contributed by atoms with E-state index < -0.39 is 10.0 Å². The average molecular weight is 315 g/mol. The van der Waals surface area contributed by atoms with Crippen LogP contribution < -0.4 is 20.1 Å². The number of hydrogen-bond acceptors (Lipinski definition) is 5. The third-order valence-electron chi connectivity index (χ3n) is 2.85. The molecule has 21 heavy (non-hydrogen) atoms. The lowest BCUT2D eigenvalue weighted by atomic mass is 10.3. The van der Waals surface area contributed by atoms with Crippen molar-refractivity contribution in [3.05, 3.63) is 18.2 Å². The molecule has 0 fully saturated rings. The molecule has 7 nitrogen and oxygen atoms in total. The Morgan fingerprint density at radius 2 is 2.05 bits per heavy atom. The molecule has 0 bridgehead atoms. The monoisotopic (exact) mass is 315 g/mol. The van der Waals surface area contributed by atoms with Crippen LogP contribution in [0.15, 0.2) is 23.1 Å². The van der Waals surface area contributed by atoms with Crippen LogP contribution in [0.3, 0.4) is 0 Å². The molecule has 0 saturated heterocycles. The summed E-state index contributed by atoms with van der Waals surface area (Å²) in [7, 11) is -0.594. The van der Waals surface area contributed by atoms with E-state index in [1.807, 2.05) is 6.92 Å². The van der Waals surface area contributed by atoms with Crippen LogP contribution in [0, 0.1) is 0 Å². The molecule has 0 aliphatic heterocycles. The number of ether oxygens (including phenoxy) is 1. The van der Waals surface area contributed by atoms with E-state index >= 15 is 0 Å². The van der Waals surface area contributed by atoms with Gasteiger partial charge in [-0.3, -0.25) is 4.79 Å². The van der Waals surface area contributed by atoms with Crippen LogP contribution in [-0.2, 0) is 14.8 Å². The van der Waals surface area contributed by atoms with Crippen molar-refractivity contribution < 1.29 is 17.9 Å². The summed E-state index contributed by atoms with van der Waals surface area (Å²) in [5, 5.41) is 5.49. The van der Waals surface area contributed by atoms with Crippen molar-refractivity contribution in [1.82, 2.24) is 10.0 Å². The molecule has 1 amide bonds. The fourth-order valence-electron chi connectivity index (χ4n) is 1.58. The van der Waals surface area contributed by atoms with E-state index in [0.29, 0.717) is 5.69 Å². The van der Waals surface area contributed by atoms with E-state index in [1.54, 1.807) is 13.1 Å². The summed E-state index contributed by atoms with van der Waals surface area (Å²) < 4.78 is 32.3. The summed E-state index contributed by atoms with van der Waals surface area (Å²) >= 11 is 0. The van der Waals surface area contributed by atoms with Gasteiger partial charge in [0.1, 0.15) is 10.6 Å². The highest BCUT2D eigenvalue weighted by atomic mass is 32.2. The van der Waals surface area contributed by atoms with Gasteiger partial charge in [0.25, 0.3) is 0 Å². The van der Waals surface area contributed by atoms with Crippen molar-refractivity contribution >= 4 is 21.6 Å².